The van der Waals surface area contributed by atoms with Gasteiger partial charge in [-0.1, -0.05) is 29.6 Å². The number of terminal acetylenes is 1. The third kappa shape index (κ3) is 2.20. The van der Waals surface area contributed by atoms with Crippen molar-refractivity contribution >= 4 is 29.2 Å². The van der Waals surface area contributed by atoms with E-state index < -0.39 is 5.97 Å². The number of ether oxygens (including phenoxy) is 1. The number of hydrogen-bond acceptors (Lipinski definition) is 2. The first-order valence-corrected chi connectivity index (χ1v) is 4.44. The van der Waals surface area contributed by atoms with Crippen molar-refractivity contribution in [1.82, 2.24) is 0 Å². The lowest BCUT2D eigenvalue weighted by Gasteiger charge is -2.03. The monoisotopic (exact) mass is 230 g/mol. The molecule has 4 heteroatoms. The molecule has 0 aliphatic rings. The molecule has 74 valence electrons. The fraction of sp³-hybridized carbons (Fsp3) is 0.100. The van der Waals surface area contributed by atoms with Crippen molar-refractivity contribution in [3.05, 3.63) is 33.3 Å². The van der Waals surface area contributed by atoms with E-state index >= 15 is 0 Å². The molecule has 0 bridgehead atoms. The van der Waals surface area contributed by atoms with E-state index in [2.05, 4.69) is 4.74 Å². The zero-order valence-corrected chi connectivity index (χ0v) is 8.82. The highest BCUT2D eigenvalue weighted by Gasteiger charge is 2.11. The zero-order chi connectivity index (χ0) is 10.7. The van der Waals surface area contributed by atoms with Gasteiger partial charge in [0.15, 0.2) is 0 Å². The molecule has 0 aromatic heterocycles. The maximum atomic E-state index is 11.2. The number of carbonyl (C=O) groups excluding carboxylic acids is 1. The van der Waals surface area contributed by atoms with Gasteiger partial charge in [0.25, 0.3) is 0 Å². The van der Waals surface area contributed by atoms with Crippen molar-refractivity contribution < 1.29 is 11.0 Å². The van der Waals surface area contributed by atoms with Crippen LogP contribution >= 0.6 is 23.2 Å². The van der Waals surface area contributed by atoms with Gasteiger partial charge in [-0.05, 0) is 24.6 Å². The van der Waals surface area contributed by atoms with Crippen molar-refractivity contribution in [2.24, 2.45) is 0 Å². The van der Waals surface area contributed by atoms with Gasteiger partial charge < -0.3 is 4.74 Å². The molecule has 0 atom stereocenters. The van der Waals surface area contributed by atoms with Crippen LogP contribution in [-0.2, 0) is 4.74 Å². The number of rotatable bonds is 1. The summed E-state index contributed by atoms with van der Waals surface area (Å²) in [7, 11) is 0. The molecule has 0 heterocycles. The predicted octanol–water partition coefficient (Wildman–Crippen LogP) is 3.30. The van der Waals surface area contributed by atoms with Crippen LogP contribution in [0.4, 0.5) is 0 Å². The number of carbonyl (C=O) groups is 1. The van der Waals surface area contributed by atoms with Crippen LogP contribution < -0.4 is 0 Å². The van der Waals surface area contributed by atoms with Crippen LogP contribution in [-0.4, -0.2) is 5.97 Å². The number of esters is 1. The van der Waals surface area contributed by atoms with E-state index in [-0.39, 0.29) is 6.99 Å². The first kappa shape index (κ1) is 10.9. The standard InChI is InChI=1S/C10H6Cl2O2.H2/c1-3-14-10(13)7-4-8(11)6(2)9(12)5-7;/h1,4-5H,2H3;1H. The van der Waals surface area contributed by atoms with Gasteiger partial charge in [-0.2, -0.15) is 0 Å². The molecule has 0 radical (unpaired) electrons. The Bertz CT molecular complexity index is 401. The van der Waals surface area contributed by atoms with Gasteiger partial charge in [-0.15, -0.1) is 0 Å². The van der Waals surface area contributed by atoms with Gasteiger partial charge in [-0.3, -0.25) is 0 Å². The molecule has 0 saturated carbocycles. The lowest BCUT2D eigenvalue weighted by Crippen LogP contribution is -2.01. The molecule has 0 spiro atoms. The fourth-order valence-corrected chi connectivity index (χ4v) is 1.36. The van der Waals surface area contributed by atoms with Gasteiger partial charge in [0, 0.05) is 11.5 Å². The van der Waals surface area contributed by atoms with Crippen molar-refractivity contribution in [3.63, 3.8) is 0 Å². The Morgan fingerprint density at radius 1 is 1.50 bits per heavy atom. The second kappa shape index (κ2) is 4.36. The molecule has 0 saturated heterocycles. The first-order valence-electron chi connectivity index (χ1n) is 3.68. The van der Waals surface area contributed by atoms with Crippen LogP contribution in [0.3, 0.4) is 0 Å². The average molecular weight is 231 g/mol. The van der Waals surface area contributed by atoms with Crippen molar-refractivity contribution in [2.75, 3.05) is 0 Å². The van der Waals surface area contributed by atoms with Gasteiger partial charge in [0.2, 0.25) is 0 Å². The second-order valence-electron chi connectivity index (χ2n) is 2.57. The number of halogens is 2. The van der Waals surface area contributed by atoms with E-state index in [1.807, 2.05) is 0 Å². The van der Waals surface area contributed by atoms with Crippen LogP contribution in [0.25, 0.3) is 0 Å². The van der Waals surface area contributed by atoms with Gasteiger partial charge in [-0.25, -0.2) is 4.79 Å². The maximum absolute atomic E-state index is 11.2. The van der Waals surface area contributed by atoms with Crippen LogP contribution in [0.5, 0.6) is 0 Å². The highest BCUT2D eigenvalue weighted by molar-refractivity contribution is 6.36. The molecule has 0 aliphatic heterocycles. The summed E-state index contributed by atoms with van der Waals surface area (Å²) < 4.78 is 4.35. The van der Waals surface area contributed by atoms with Crippen LogP contribution in [0.15, 0.2) is 12.1 Å². The summed E-state index contributed by atoms with van der Waals surface area (Å²) >= 11 is 11.6. The minimum atomic E-state index is -0.642. The second-order valence-corrected chi connectivity index (χ2v) is 3.39. The smallest absolute Gasteiger partial charge is 0.352 e. The van der Waals surface area contributed by atoms with Gasteiger partial charge >= 0.3 is 5.97 Å². The largest absolute Gasteiger partial charge is 0.369 e. The Labute approximate surface area is 93.3 Å². The maximum Gasteiger partial charge on any atom is 0.352 e. The summed E-state index contributed by atoms with van der Waals surface area (Å²) in [6.45, 7) is 1.75. The minimum absolute atomic E-state index is 0. The molecule has 1 aromatic rings. The fourth-order valence-electron chi connectivity index (χ4n) is 0.876. The molecule has 1 rings (SSSR count). The molecule has 14 heavy (non-hydrogen) atoms. The summed E-state index contributed by atoms with van der Waals surface area (Å²) in [4.78, 5) is 11.2. The molecule has 0 amide bonds. The molecule has 2 nitrogen and oxygen atoms in total. The van der Waals surface area contributed by atoms with E-state index in [0.717, 1.165) is 0 Å². The van der Waals surface area contributed by atoms with Crippen LogP contribution in [0, 0.1) is 19.5 Å². The average Bonchev–Trinajstić information content (AvgIpc) is 2.13. The quantitative estimate of drug-likeness (QED) is 0.547. The van der Waals surface area contributed by atoms with Crippen molar-refractivity contribution in [3.8, 4) is 12.5 Å². The highest BCUT2D eigenvalue weighted by Crippen LogP contribution is 2.25. The lowest BCUT2D eigenvalue weighted by atomic mass is 10.1. The van der Waals surface area contributed by atoms with Crippen molar-refractivity contribution in [2.45, 2.75) is 6.92 Å². The lowest BCUT2D eigenvalue weighted by molar-refractivity contribution is 0.0691. The summed E-state index contributed by atoms with van der Waals surface area (Å²) in [5.41, 5.74) is 0.953. The van der Waals surface area contributed by atoms with E-state index in [0.29, 0.717) is 15.6 Å². The topological polar surface area (TPSA) is 26.3 Å². The Kier molecular flexibility index (Phi) is 3.40. The van der Waals surface area contributed by atoms with Crippen LogP contribution in [0.2, 0.25) is 10.0 Å². The van der Waals surface area contributed by atoms with E-state index in [4.69, 9.17) is 29.6 Å². The van der Waals surface area contributed by atoms with Gasteiger partial charge in [0.05, 0.1) is 5.56 Å². The minimum Gasteiger partial charge on any atom is -0.369 e. The third-order valence-electron chi connectivity index (χ3n) is 1.67. The van der Waals surface area contributed by atoms with E-state index in [9.17, 15) is 4.79 Å². The van der Waals surface area contributed by atoms with Crippen LogP contribution in [0.1, 0.15) is 17.3 Å². The number of hydrogen-bond donors (Lipinski definition) is 0. The Morgan fingerprint density at radius 3 is 2.43 bits per heavy atom. The molecule has 0 N–H and O–H groups in total. The summed E-state index contributed by atoms with van der Waals surface area (Å²) in [5.74, 6) is -0.642. The normalized spacial score (nSPS) is 9.29. The number of benzene rings is 1. The first-order chi connectivity index (χ1) is 6.56. The summed E-state index contributed by atoms with van der Waals surface area (Å²) in [6, 6.07) is 2.92. The highest BCUT2D eigenvalue weighted by atomic mass is 35.5. The molecule has 1 aromatic carbocycles. The van der Waals surface area contributed by atoms with Crippen molar-refractivity contribution in [1.29, 1.82) is 0 Å². The molecular weight excluding hydrogens is 223 g/mol. The Morgan fingerprint density at radius 2 is 2.00 bits per heavy atom. The summed E-state index contributed by atoms with van der Waals surface area (Å²) in [5, 5.41) is 0.808. The molecule has 0 aliphatic carbocycles. The van der Waals surface area contributed by atoms with Gasteiger partial charge in [0.1, 0.15) is 6.11 Å². The zero-order valence-electron chi connectivity index (χ0n) is 7.30. The van der Waals surface area contributed by atoms with E-state index in [1.165, 1.54) is 12.1 Å². The molecule has 0 fully saturated rings. The molecular formula is C10H8Cl2O2. The Hall–Kier alpha value is -1.17. The van der Waals surface area contributed by atoms with E-state index in [1.54, 1.807) is 13.0 Å². The predicted molar refractivity (Wildman–Crippen MR) is 57.6 cm³/mol. The Balaban J connectivity index is 0.00000196. The SMILES string of the molecule is C#COC(=O)c1cc(Cl)c(C)c(Cl)c1.[HH]. The molecule has 0 unspecified atom stereocenters. The summed E-state index contributed by atoms with van der Waals surface area (Å²) in [6.07, 6.45) is 6.60. The third-order valence-corrected chi connectivity index (χ3v) is 2.45.